The second-order valence-corrected chi connectivity index (χ2v) is 6.29. The molecule has 1 fully saturated rings. The molecule has 0 bridgehead atoms. The molecule has 0 unspecified atom stereocenters. The molecule has 1 saturated heterocycles. The molecule has 1 aliphatic rings. The summed E-state index contributed by atoms with van der Waals surface area (Å²) in [4.78, 5) is 20.0. The van der Waals surface area contributed by atoms with Crippen LogP contribution in [0.2, 0.25) is 0 Å². The first kappa shape index (κ1) is 16.3. The number of hydrogen-bond donors (Lipinski definition) is 1. The fourth-order valence-electron chi connectivity index (χ4n) is 2.90. The van der Waals surface area contributed by atoms with Crippen LogP contribution < -0.4 is 4.74 Å². The van der Waals surface area contributed by atoms with Crippen LogP contribution in [0, 0.1) is 5.92 Å². The SMILES string of the molecule is CN(C)C(=O)N1CCC[C@@H](COc2ccc(-c3ccn[nH]3)nc2)C1. The Morgan fingerprint density at radius 1 is 1.42 bits per heavy atom. The zero-order chi connectivity index (χ0) is 16.9. The minimum Gasteiger partial charge on any atom is -0.492 e. The van der Waals surface area contributed by atoms with Gasteiger partial charge < -0.3 is 14.5 Å². The van der Waals surface area contributed by atoms with Crippen LogP contribution in [-0.4, -0.2) is 64.8 Å². The van der Waals surface area contributed by atoms with Crippen molar-refractivity contribution in [2.45, 2.75) is 12.8 Å². The number of carbonyl (C=O) groups is 1. The Hall–Kier alpha value is -2.57. The third kappa shape index (κ3) is 3.84. The average molecular weight is 329 g/mol. The van der Waals surface area contributed by atoms with Crippen molar-refractivity contribution in [3.8, 4) is 17.1 Å². The molecule has 0 saturated carbocycles. The van der Waals surface area contributed by atoms with Gasteiger partial charge >= 0.3 is 6.03 Å². The van der Waals surface area contributed by atoms with E-state index in [2.05, 4.69) is 15.2 Å². The smallest absolute Gasteiger partial charge is 0.319 e. The topological polar surface area (TPSA) is 74.3 Å². The molecule has 7 heteroatoms. The Balaban J connectivity index is 1.53. The lowest BCUT2D eigenvalue weighted by atomic mass is 9.99. The number of carbonyl (C=O) groups excluding carboxylic acids is 1. The Labute approximate surface area is 141 Å². The molecule has 2 aromatic rings. The summed E-state index contributed by atoms with van der Waals surface area (Å²) < 4.78 is 5.87. The third-order valence-electron chi connectivity index (χ3n) is 4.17. The molecule has 7 nitrogen and oxygen atoms in total. The second kappa shape index (κ2) is 7.33. The molecule has 24 heavy (non-hydrogen) atoms. The third-order valence-corrected chi connectivity index (χ3v) is 4.17. The van der Waals surface area contributed by atoms with Crippen LogP contribution in [-0.2, 0) is 0 Å². The maximum absolute atomic E-state index is 12.1. The van der Waals surface area contributed by atoms with Crippen molar-refractivity contribution in [1.29, 1.82) is 0 Å². The van der Waals surface area contributed by atoms with Crippen LogP contribution in [0.4, 0.5) is 4.79 Å². The number of aromatic nitrogens is 3. The predicted molar refractivity (Wildman–Crippen MR) is 90.7 cm³/mol. The normalized spacial score (nSPS) is 17.6. The number of nitrogens with zero attached hydrogens (tertiary/aromatic N) is 4. The number of hydrogen-bond acceptors (Lipinski definition) is 4. The van der Waals surface area contributed by atoms with Gasteiger partial charge in [-0.25, -0.2) is 4.79 Å². The van der Waals surface area contributed by atoms with Gasteiger partial charge in [-0.15, -0.1) is 0 Å². The van der Waals surface area contributed by atoms with E-state index in [-0.39, 0.29) is 6.03 Å². The maximum atomic E-state index is 12.1. The predicted octanol–water partition coefficient (Wildman–Crippen LogP) is 2.24. The van der Waals surface area contributed by atoms with Crippen molar-refractivity contribution < 1.29 is 9.53 Å². The van der Waals surface area contributed by atoms with Crippen LogP contribution in [0.3, 0.4) is 0 Å². The number of piperidine rings is 1. The largest absolute Gasteiger partial charge is 0.492 e. The number of H-pyrrole nitrogens is 1. The van der Waals surface area contributed by atoms with Crippen molar-refractivity contribution >= 4 is 6.03 Å². The summed E-state index contributed by atoms with van der Waals surface area (Å²) in [6.45, 7) is 2.17. The van der Waals surface area contributed by atoms with Gasteiger partial charge in [-0.3, -0.25) is 10.1 Å². The molecule has 0 aromatic carbocycles. The molecule has 3 rings (SSSR count). The number of nitrogens with one attached hydrogen (secondary N) is 1. The van der Waals surface area contributed by atoms with Gasteiger partial charge in [0.1, 0.15) is 5.75 Å². The summed E-state index contributed by atoms with van der Waals surface area (Å²) in [5, 5.41) is 6.81. The van der Waals surface area contributed by atoms with Crippen LogP contribution in [0.5, 0.6) is 5.75 Å². The molecule has 128 valence electrons. The van der Waals surface area contributed by atoms with Crippen molar-refractivity contribution in [3.63, 3.8) is 0 Å². The number of aromatic amines is 1. The van der Waals surface area contributed by atoms with Gasteiger partial charge in [0.15, 0.2) is 0 Å². The lowest BCUT2D eigenvalue weighted by Crippen LogP contribution is -2.46. The van der Waals surface area contributed by atoms with E-state index in [1.807, 2.05) is 23.1 Å². The lowest BCUT2D eigenvalue weighted by Gasteiger charge is -2.34. The monoisotopic (exact) mass is 329 g/mol. The van der Waals surface area contributed by atoms with E-state index in [9.17, 15) is 4.79 Å². The highest BCUT2D eigenvalue weighted by molar-refractivity contribution is 5.73. The first-order chi connectivity index (χ1) is 11.6. The molecule has 0 radical (unpaired) electrons. The van der Waals surface area contributed by atoms with Crippen molar-refractivity contribution in [2.24, 2.45) is 5.92 Å². The minimum atomic E-state index is 0.0743. The fourth-order valence-corrected chi connectivity index (χ4v) is 2.90. The number of amides is 2. The second-order valence-electron chi connectivity index (χ2n) is 6.29. The van der Waals surface area contributed by atoms with Gasteiger partial charge in [0.25, 0.3) is 0 Å². The molecule has 1 aliphatic heterocycles. The maximum Gasteiger partial charge on any atom is 0.319 e. The van der Waals surface area contributed by atoms with Crippen LogP contribution in [0.15, 0.2) is 30.6 Å². The minimum absolute atomic E-state index is 0.0743. The zero-order valence-corrected chi connectivity index (χ0v) is 14.1. The number of rotatable bonds is 4. The van der Waals surface area contributed by atoms with Crippen LogP contribution in [0.25, 0.3) is 11.4 Å². The van der Waals surface area contributed by atoms with Gasteiger partial charge in [0.05, 0.1) is 24.2 Å². The number of likely N-dealkylation sites (tertiary alicyclic amines) is 1. The van der Waals surface area contributed by atoms with Gasteiger partial charge in [0.2, 0.25) is 0 Å². The van der Waals surface area contributed by atoms with Gasteiger partial charge in [-0.2, -0.15) is 5.10 Å². The molecule has 3 heterocycles. The molecular weight excluding hydrogens is 306 g/mol. The van der Waals surface area contributed by atoms with Gasteiger partial charge in [-0.05, 0) is 31.0 Å². The number of pyridine rings is 1. The fraction of sp³-hybridized carbons (Fsp3) is 0.471. The van der Waals surface area contributed by atoms with Crippen molar-refractivity contribution in [2.75, 3.05) is 33.8 Å². The summed E-state index contributed by atoms with van der Waals surface area (Å²) in [7, 11) is 3.57. The summed E-state index contributed by atoms with van der Waals surface area (Å²) in [5.41, 5.74) is 1.71. The van der Waals surface area contributed by atoms with E-state index in [1.54, 1.807) is 31.4 Å². The highest BCUT2D eigenvalue weighted by atomic mass is 16.5. The summed E-state index contributed by atoms with van der Waals surface area (Å²) in [6.07, 6.45) is 5.52. The van der Waals surface area contributed by atoms with E-state index < -0.39 is 0 Å². The standard InChI is InChI=1S/C17H23N5O2/c1-21(2)17(23)22-9-3-4-13(11-22)12-24-14-5-6-15(18-10-14)16-7-8-19-20-16/h5-8,10,13H,3-4,9,11-12H2,1-2H3,(H,19,20)/t13-/m1/s1. The lowest BCUT2D eigenvalue weighted by molar-refractivity contribution is 0.122. The van der Waals surface area contributed by atoms with Crippen molar-refractivity contribution in [1.82, 2.24) is 25.0 Å². The summed E-state index contributed by atoms with van der Waals surface area (Å²) in [6, 6.07) is 5.77. The first-order valence-electron chi connectivity index (χ1n) is 8.18. The Bertz CT molecular complexity index is 654. The highest BCUT2D eigenvalue weighted by Crippen LogP contribution is 2.21. The van der Waals surface area contributed by atoms with E-state index in [1.165, 1.54) is 0 Å². The van der Waals surface area contributed by atoms with Crippen molar-refractivity contribution in [3.05, 3.63) is 30.6 Å². The summed E-state index contributed by atoms with van der Waals surface area (Å²) >= 11 is 0. The molecule has 2 amide bonds. The molecular formula is C17H23N5O2. The Morgan fingerprint density at radius 3 is 2.96 bits per heavy atom. The molecule has 2 aromatic heterocycles. The summed E-state index contributed by atoms with van der Waals surface area (Å²) in [5.74, 6) is 1.10. The Morgan fingerprint density at radius 2 is 2.29 bits per heavy atom. The molecule has 0 aliphatic carbocycles. The first-order valence-corrected chi connectivity index (χ1v) is 8.18. The molecule has 0 spiro atoms. The van der Waals surface area contributed by atoms with Gasteiger partial charge in [0, 0.05) is 39.3 Å². The average Bonchev–Trinajstić information content (AvgIpc) is 3.14. The Kier molecular flexibility index (Phi) is 4.98. The number of urea groups is 1. The molecule has 1 N–H and O–H groups in total. The quantitative estimate of drug-likeness (QED) is 0.933. The van der Waals surface area contributed by atoms with E-state index in [0.29, 0.717) is 12.5 Å². The van der Waals surface area contributed by atoms with E-state index in [0.717, 1.165) is 43.1 Å². The van der Waals surface area contributed by atoms with Crippen LogP contribution in [0.1, 0.15) is 12.8 Å². The van der Waals surface area contributed by atoms with E-state index >= 15 is 0 Å². The van der Waals surface area contributed by atoms with Crippen LogP contribution >= 0.6 is 0 Å². The molecule has 1 atom stereocenters. The zero-order valence-electron chi connectivity index (χ0n) is 14.1. The highest BCUT2D eigenvalue weighted by Gasteiger charge is 2.25. The number of ether oxygens (including phenoxy) is 1. The van der Waals surface area contributed by atoms with Gasteiger partial charge in [-0.1, -0.05) is 0 Å². The van der Waals surface area contributed by atoms with E-state index in [4.69, 9.17) is 4.74 Å².